The third-order valence-electron chi connectivity index (χ3n) is 10.4. The summed E-state index contributed by atoms with van der Waals surface area (Å²) < 4.78 is 19.8. The van der Waals surface area contributed by atoms with Gasteiger partial charge in [0.1, 0.15) is 48.7 Å². The molecule has 6 atom stereocenters. The molecule has 1 aromatic carbocycles. The summed E-state index contributed by atoms with van der Waals surface area (Å²) in [4.78, 5) is 100. The first kappa shape index (κ1) is 39.4. The maximum Gasteiger partial charge on any atom is 0.328 e. The van der Waals surface area contributed by atoms with E-state index in [-0.39, 0.29) is 19.5 Å². The van der Waals surface area contributed by atoms with E-state index in [0.717, 1.165) is 12.8 Å². The van der Waals surface area contributed by atoms with Crippen LogP contribution in [0.1, 0.15) is 83.6 Å². The number of rotatable bonds is 9. The lowest BCUT2D eigenvalue weighted by Crippen LogP contribution is -2.62. The van der Waals surface area contributed by atoms with E-state index < -0.39 is 90.1 Å². The van der Waals surface area contributed by atoms with Gasteiger partial charge < -0.3 is 35.4 Å². The Morgan fingerprint density at radius 1 is 0.925 bits per heavy atom. The summed E-state index contributed by atoms with van der Waals surface area (Å²) in [6.45, 7) is 3.71. The van der Waals surface area contributed by atoms with Crippen molar-refractivity contribution in [3.05, 3.63) is 47.8 Å². The fraction of sp³-hybridized carbons (Fsp3) is 0.605. The highest BCUT2D eigenvalue weighted by Crippen LogP contribution is 2.26. The first-order valence-electron chi connectivity index (χ1n) is 18.9. The molecule has 0 bridgehead atoms. The highest BCUT2D eigenvalue weighted by Gasteiger charge is 2.45. The maximum absolute atomic E-state index is 14.4. The molecule has 4 saturated heterocycles. The summed E-state index contributed by atoms with van der Waals surface area (Å²) in [5.41, 5.74) is 0.418. The number of cyclic esters (lactones) is 1. The van der Waals surface area contributed by atoms with E-state index in [1.165, 1.54) is 39.0 Å². The van der Waals surface area contributed by atoms with Crippen molar-refractivity contribution in [2.24, 2.45) is 0 Å². The van der Waals surface area contributed by atoms with Crippen molar-refractivity contribution < 1.29 is 42.7 Å². The van der Waals surface area contributed by atoms with E-state index in [4.69, 9.17) is 4.74 Å². The first-order chi connectivity index (χ1) is 25.5. The minimum absolute atomic E-state index is 0.112. The van der Waals surface area contributed by atoms with Gasteiger partial charge in [-0.2, -0.15) is 0 Å². The quantitative estimate of drug-likeness (QED) is 0.194. The number of esters is 1. The van der Waals surface area contributed by atoms with Gasteiger partial charge in [-0.3, -0.25) is 28.8 Å². The molecule has 0 aliphatic carbocycles. The summed E-state index contributed by atoms with van der Waals surface area (Å²) >= 11 is 0. The molecule has 1 aromatic rings. The van der Waals surface area contributed by atoms with Gasteiger partial charge >= 0.3 is 5.97 Å². The Morgan fingerprint density at radius 3 is 2.34 bits per heavy atom. The van der Waals surface area contributed by atoms with Crippen LogP contribution in [0.25, 0.3) is 0 Å². The molecule has 0 unspecified atom stereocenters. The van der Waals surface area contributed by atoms with Gasteiger partial charge in [0.05, 0.1) is 0 Å². The Labute approximate surface area is 309 Å². The highest BCUT2D eigenvalue weighted by atomic mass is 19.1. The summed E-state index contributed by atoms with van der Waals surface area (Å²) in [5, 5.41) is 8.09. The first-order valence-corrected chi connectivity index (χ1v) is 18.9. The predicted octanol–water partition coefficient (Wildman–Crippen LogP) is 1.51. The number of benzene rings is 1. The van der Waals surface area contributed by atoms with Gasteiger partial charge in [0.2, 0.25) is 35.4 Å². The van der Waals surface area contributed by atoms with Crippen molar-refractivity contribution in [2.45, 2.75) is 121 Å². The number of piperidine rings is 1. The number of nitrogens with one attached hydrogen (secondary N) is 3. The molecule has 0 saturated carbocycles. The molecule has 0 aromatic heterocycles. The molecule has 0 radical (unpaired) electrons. The molecule has 288 valence electrons. The van der Waals surface area contributed by atoms with Crippen molar-refractivity contribution in [2.75, 3.05) is 26.2 Å². The molecular formula is C38H51FN6O8. The number of allylic oxidation sites excluding steroid dienone is 1. The number of fused-ring (bicyclic) bond motifs is 3. The Kier molecular flexibility index (Phi) is 13.6. The lowest BCUT2D eigenvalue weighted by atomic mass is 9.99. The van der Waals surface area contributed by atoms with Crippen LogP contribution in [0.3, 0.4) is 0 Å². The Balaban J connectivity index is 1.45. The van der Waals surface area contributed by atoms with E-state index in [1.807, 2.05) is 6.92 Å². The van der Waals surface area contributed by atoms with Crippen LogP contribution in [0, 0.1) is 5.82 Å². The number of unbranched alkanes of at least 4 members (excludes halogenated alkanes) is 2. The molecule has 0 spiro atoms. The molecule has 4 heterocycles. The third kappa shape index (κ3) is 9.79. The second-order valence-corrected chi connectivity index (χ2v) is 14.3. The second kappa shape index (κ2) is 18.3. The molecule has 15 heteroatoms. The fourth-order valence-electron chi connectivity index (χ4n) is 7.59. The van der Waals surface area contributed by atoms with Gasteiger partial charge in [-0.15, -0.1) is 0 Å². The van der Waals surface area contributed by atoms with E-state index in [9.17, 15) is 38.0 Å². The average molecular weight is 739 g/mol. The van der Waals surface area contributed by atoms with Crippen LogP contribution in [-0.2, 0) is 44.7 Å². The zero-order valence-electron chi connectivity index (χ0n) is 30.5. The normalized spacial score (nSPS) is 26.4. The SMILES string of the molecule is CCCCC=CC(=O)N[C@@H](Cc1cccc(F)c1)C(=O)N[C@H]1COC(=O)[C@@H]2CCCN2C(=O)[C@H](C)NC(=O)[C@@H]2CCCCN2C(=O)[C@@H]2CCCN2C1=O. The molecule has 5 rings (SSSR count). The van der Waals surface area contributed by atoms with E-state index >= 15 is 0 Å². The van der Waals surface area contributed by atoms with E-state index in [2.05, 4.69) is 16.0 Å². The zero-order chi connectivity index (χ0) is 38.1. The molecule has 53 heavy (non-hydrogen) atoms. The summed E-state index contributed by atoms with van der Waals surface area (Å²) in [6.07, 6.45) is 8.76. The molecule has 3 N–H and O–H groups in total. The van der Waals surface area contributed by atoms with Gasteiger partial charge in [0.25, 0.3) is 0 Å². The molecule has 14 nitrogen and oxygen atoms in total. The smallest absolute Gasteiger partial charge is 0.328 e. The minimum Gasteiger partial charge on any atom is -0.461 e. The predicted molar refractivity (Wildman–Crippen MR) is 190 cm³/mol. The highest BCUT2D eigenvalue weighted by molar-refractivity contribution is 5.98. The maximum atomic E-state index is 14.4. The summed E-state index contributed by atoms with van der Waals surface area (Å²) in [5.74, 6) is -4.67. The number of hydrogen-bond acceptors (Lipinski definition) is 8. The molecule has 4 aliphatic heterocycles. The number of carbonyl (C=O) groups excluding carboxylic acids is 7. The zero-order valence-corrected chi connectivity index (χ0v) is 30.5. The lowest BCUT2D eigenvalue weighted by Gasteiger charge is -2.39. The average Bonchev–Trinajstić information content (AvgIpc) is 3.84. The van der Waals surface area contributed by atoms with Gasteiger partial charge in [-0.25, -0.2) is 9.18 Å². The summed E-state index contributed by atoms with van der Waals surface area (Å²) in [7, 11) is 0. The van der Waals surface area contributed by atoms with E-state index in [1.54, 1.807) is 19.1 Å². The van der Waals surface area contributed by atoms with Crippen LogP contribution in [0.15, 0.2) is 36.4 Å². The fourth-order valence-corrected chi connectivity index (χ4v) is 7.59. The second-order valence-electron chi connectivity index (χ2n) is 14.3. The minimum atomic E-state index is -1.47. The van der Waals surface area contributed by atoms with Crippen molar-refractivity contribution in [1.82, 2.24) is 30.7 Å². The standard InChI is InChI=1S/C38H51FN6O8/c1-3-4-5-6-17-32(46)41-27(22-25-12-9-13-26(39)21-25)33(47)42-28-23-53-38(52)31-16-11-20-45(31)35(49)24(2)40-34(48)29-14-7-8-18-43(29)37(51)30-15-10-19-44(30)36(28)50/h6,9,12-13,17,21,24,27-31H,3-5,7-8,10-11,14-16,18-20,22-23H2,1-2H3,(H,40,48)(H,41,46)(H,42,47)/t24-,27-,28-,29-,30-,31-/m0/s1. The number of halogens is 1. The van der Waals surface area contributed by atoms with Crippen molar-refractivity contribution in [3.8, 4) is 0 Å². The van der Waals surface area contributed by atoms with Crippen molar-refractivity contribution in [1.29, 1.82) is 0 Å². The van der Waals surface area contributed by atoms with E-state index in [0.29, 0.717) is 63.5 Å². The monoisotopic (exact) mass is 738 g/mol. The van der Waals surface area contributed by atoms with Crippen LogP contribution >= 0.6 is 0 Å². The largest absolute Gasteiger partial charge is 0.461 e. The molecular weight excluding hydrogens is 687 g/mol. The van der Waals surface area contributed by atoms with Crippen molar-refractivity contribution >= 4 is 41.4 Å². The molecule has 4 aliphatic rings. The van der Waals surface area contributed by atoms with Gasteiger partial charge in [0, 0.05) is 26.1 Å². The third-order valence-corrected chi connectivity index (χ3v) is 10.4. The van der Waals surface area contributed by atoms with Crippen LogP contribution < -0.4 is 16.0 Å². The van der Waals surface area contributed by atoms with Gasteiger partial charge in [-0.1, -0.05) is 38.0 Å². The van der Waals surface area contributed by atoms with Crippen molar-refractivity contribution in [3.63, 3.8) is 0 Å². The Morgan fingerprint density at radius 2 is 1.60 bits per heavy atom. The Hall–Kier alpha value is -4.82. The lowest BCUT2D eigenvalue weighted by molar-refractivity contribution is -0.158. The van der Waals surface area contributed by atoms with Crippen LogP contribution in [0.2, 0.25) is 0 Å². The Bertz CT molecular complexity index is 1590. The number of nitrogens with zero attached hydrogens (tertiary/aromatic N) is 3. The number of ether oxygens (including phenoxy) is 1. The summed E-state index contributed by atoms with van der Waals surface area (Å²) in [6, 6.07) is -0.834. The number of amides is 6. The molecule has 4 fully saturated rings. The number of carbonyl (C=O) groups is 7. The molecule has 6 amide bonds. The van der Waals surface area contributed by atoms with Gasteiger partial charge in [0.15, 0.2) is 0 Å². The van der Waals surface area contributed by atoms with Gasteiger partial charge in [-0.05, 0) is 82.1 Å². The van der Waals surface area contributed by atoms with Crippen LogP contribution in [-0.4, -0.2) is 119 Å². The topological polar surface area (TPSA) is 175 Å². The van der Waals surface area contributed by atoms with Crippen LogP contribution in [0.5, 0.6) is 0 Å². The number of hydrogen-bond donors (Lipinski definition) is 3. The van der Waals surface area contributed by atoms with Crippen LogP contribution in [0.4, 0.5) is 4.39 Å².